The van der Waals surface area contributed by atoms with Gasteiger partial charge in [0.25, 0.3) is 11.0 Å². The van der Waals surface area contributed by atoms with Crippen LogP contribution in [-0.4, -0.2) is 45.2 Å². The van der Waals surface area contributed by atoms with Crippen molar-refractivity contribution in [1.82, 2.24) is 0 Å². The molecule has 6 N–H and O–H groups in total. The van der Waals surface area contributed by atoms with E-state index >= 15 is 0 Å². The number of hydrogen-bond donors (Lipinski definition) is 7. The molecule has 0 aliphatic carbocycles. The van der Waals surface area contributed by atoms with Crippen molar-refractivity contribution in [3.63, 3.8) is 0 Å². The highest BCUT2D eigenvalue weighted by Crippen LogP contribution is 2.25. The Bertz CT molecular complexity index is 300. The van der Waals surface area contributed by atoms with Gasteiger partial charge in [-0.3, -0.25) is 13.7 Å². The van der Waals surface area contributed by atoms with Gasteiger partial charge in [0.2, 0.25) is 0 Å². The van der Waals surface area contributed by atoms with E-state index in [9.17, 15) is 0 Å². The quantitative estimate of drug-likeness (QED) is 0.140. The Balaban J connectivity index is -0.000000131. The molecule has 0 saturated heterocycles. The van der Waals surface area contributed by atoms with E-state index in [4.69, 9.17) is 49.7 Å². The second-order valence-corrected chi connectivity index (χ2v) is 3.60. The van der Waals surface area contributed by atoms with Crippen molar-refractivity contribution >= 4 is 29.2 Å². The summed E-state index contributed by atoms with van der Waals surface area (Å²) in [5.74, 6) is 0. The molecule has 0 saturated carbocycles. The van der Waals surface area contributed by atoms with Crippen LogP contribution in [0.4, 0.5) is 0 Å². The summed E-state index contributed by atoms with van der Waals surface area (Å²) in [6, 6.07) is 0. The van der Waals surface area contributed by atoms with Crippen LogP contribution in [0, 0.1) is 0 Å². The lowest BCUT2D eigenvalue weighted by molar-refractivity contribution is 0.275. The third-order valence-corrected chi connectivity index (χ3v) is 0. The molecule has 0 radical (unpaired) electrons. The zero-order valence-electron chi connectivity index (χ0n) is 6.03. The summed E-state index contributed by atoms with van der Waals surface area (Å²) >= 11 is 0. The first-order valence-electron chi connectivity index (χ1n) is 2.05. The molecule has 0 aromatic rings. The minimum absolute atomic E-state index is 3.12. The monoisotopic (exact) mass is 278 g/mol. The predicted octanol–water partition coefficient (Wildman–Crippen LogP) is -2.51. The van der Waals surface area contributed by atoms with Crippen LogP contribution in [0.5, 0.6) is 0 Å². The average molecular weight is 278 g/mol. The van der Waals surface area contributed by atoms with Crippen LogP contribution in [0.2, 0.25) is 0 Å². The molecule has 0 fully saturated rings. The molecule has 14 heteroatoms. The van der Waals surface area contributed by atoms with Crippen molar-refractivity contribution in [2.45, 2.75) is 0 Å². The van der Waals surface area contributed by atoms with Gasteiger partial charge in [0.05, 0.1) is 0 Å². The smallest absolute Gasteiger partial charge is 0.303 e. The maximum Gasteiger partial charge on any atom is 0.466 e. The van der Waals surface area contributed by atoms with E-state index < -0.39 is 29.2 Å². The molecule has 0 spiro atoms. The Hall–Kier alpha value is -0.110. The molecular weight excluding hydrogens is 271 g/mol. The summed E-state index contributed by atoms with van der Waals surface area (Å²) in [4.78, 5) is 21.6. The summed E-state index contributed by atoms with van der Waals surface area (Å²) in [6.07, 6.45) is 0. The van der Waals surface area contributed by atoms with Crippen LogP contribution >= 0.6 is 7.82 Å². The molecular formula is H7O11PS2. The molecule has 0 aliphatic rings. The zero-order chi connectivity index (χ0) is 12.6. The normalized spacial score (nSPS) is 10.8. The Kier molecular flexibility index (Phi) is 11.4. The van der Waals surface area contributed by atoms with Crippen molar-refractivity contribution < 1.29 is 49.7 Å². The SMILES string of the molecule is O=P(O)(O)O.O=S(=O)(O)O.O=[SH](=O)O. The highest BCUT2D eigenvalue weighted by atomic mass is 32.3. The second-order valence-electron chi connectivity index (χ2n) is 1.20. The molecule has 0 amide bonds. The van der Waals surface area contributed by atoms with Gasteiger partial charge >= 0.3 is 18.2 Å². The van der Waals surface area contributed by atoms with E-state index in [0.29, 0.717) is 0 Å². The van der Waals surface area contributed by atoms with Crippen LogP contribution in [0.15, 0.2) is 0 Å². The molecule has 90 valence electrons. The van der Waals surface area contributed by atoms with E-state index in [0.717, 1.165) is 0 Å². The van der Waals surface area contributed by atoms with Gasteiger partial charge in [-0.25, -0.2) is 13.0 Å². The first-order valence-corrected chi connectivity index (χ1v) is 6.14. The van der Waals surface area contributed by atoms with Gasteiger partial charge in [-0.15, -0.1) is 0 Å². The first-order chi connectivity index (χ1) is 5.73. The Morgan fingerprint density at radius 2 is 1.00 bits per heavy atom. The molecule has 0 rings (SSSR count). The van der Waals surface area contributed by atoms with E-state index in [-0.39, 0.29) is 0 Å². The fourth-order valence-corrected chi connectivity index (χ4v) is 0. The van der Waals surface area contributed by atoms with Gasteiger partial charge in [-0.1, -0.05) is 0 Å². The van der Waals surface area contributed by atoms with Gasteiger partial charge in [0.15, 0.2) is 0 Å². The Labute approximate surface area is 79.6 Å². The van der Waals surface area contributed by atoms with E-state index in [1.807, 2.05) is 0 Å². The van der Waals surface area contributed by atoms with Crippen molar-refractivity contribution in [3.05, 3.63) is 0 Å². The van der Waals surface area contributed by atoms with Gasteiger partial charge in [0, 0.05) is 0 Å². The molecule has 0 unspecified atom stereocenters. The van der Waals surface area contributed by atoms with Crippen LogP contribution in [0.25, 0.3) is 0 Å². The summed E-state index contributed by atoms with van der Waals surface area (Å²) in [6.45, 7) is 0. The lowest BCUT2D eigenvalue weighted by Gasteiger charge is -1.82. The van der Waals surface area contributed by atoms with Gasteiger partial charge in [0.1, 0.15) is 0 Å². The number of phosphoric acid groups is 1. The van der Waals surface area contributed by atoms with Crippen molar-refractivity contribution in [1.29, 1.82) is 0 Å². The van der Waals surface area contributed by atoms with Crippen molar-refractivity contribution in [2.24, 2.45) is 0 Å². The third-order valence-electron chi connectivity index (χ3n) is 0. The first kappa shape index (κ1) is 19.5. The molecule has 11 nitrogen and oxygen atoms in total. The second kappa shape index (κ2) is 8.22. The molecule has 14 heavy (non-hydrogen) atoms. The Morgan fingerprint density at radius 1 is 1.00 bits per heavy atom. The lowest BCUT2D eigenvalue weighted by Crippen LogP contribution is -1.89. The van der Waals surface area contributed by atoms with E-state index in [1.165, 1.54) is 0 Å². The fraction of sp³-hybridized carbons (Fsp3) is 0. The summed E-state index contributed by atoms with van der Waals surface area (Å²) in [5, 5.41) is 0. The highest BCUT2D eigenvalue weighted by molar-refractivity contribution is 7.79. The predicted molar refractivity (Wildman–Crippen MR) is 41.4 cm³/mol. The van der Waals surface area contributed by atoms with Gasteiger partial charge in [-0.2, -0.15) is 8.42 Å². The van der Waals surface area contributed by atoms with Crippen molar-refractivity contribution in [2.75, 3.05) is 0 Å². The van der Waals surface area contributed by atoms with E-state index in [1.54, 1.807) is 0 Å². The van der Waals surface area contributed by atoms with E-state index in [2.05, 4.69) is 0 Å². The molecule has 0 aliphatic heterocycles. The molecule has 0 aromatic heterocycles. The standard InChI is InChI=1S/H3O4P.H2O4S.H2O3S/c2*1-5(2,3)4;1-4(2)3/h(H3,1,2,3,4);(H2,1,2,3,4);4H,(H,1,2,3). The van der Waals surface area contributed by atoms with Crippen LogP contribution in [-0.2, 0) is 25.9 Å². The highest BCUT2D eigenvalue weighted by Gasteiger charge is 2.00. The molecule has 0 aromatic carbocycles. The maximum absolute atomic E-state index is 8.88. The molecule has 0 atom stereocenters. The van der Waals surface area contributed by atoms with Crippen LogP contribution < -0.4 is 0 Å². The number of thiol groups is 1. The largest absolute Gasteiger partial charge is 0.466 e. The minimum Gasteiger partial charge on any atom is -0.303 e. The third kappa shape index (κ3) is 117000. The fourth-order valence-electron chi connectivity index (χ4n) is 0. The molecule has 0 heterocycles. The summed E-state index contributed by atoms with van der Waals surface area (Å²) in [5.41, 5.74) is 0. The van der Waals surface area contributed by atoms with Crippen molar-refractivity contribution in [3.8, 4) is 0 Å². The topological polar surface area (TPSA) is 207 Å². The minimum atomic E-state index is -4.67. The number of rotatable bonds is 0. The summed E-state index contributed by atoms with van der Waals surface area (Å²) in [7, 11) is -12.4. The van der Waals surface area contributed by atoms with Crippen LogP contribution in [0.1, 0.15) is 0 Å². The maximum atomic E-state index is 8.88. The van der Waals surface area contributed by atoms with Gasteiger partial charge in [-0.05, 0) is 0 Å². The van der Waals surface area contributed by atoms with Gasteiger partial charge < -0.3 is 14.7 Å². The zero-order valence-corrected chi connectivity index (χ0v) is 8.63. The summed E-state index contributed by atoms with van der Waals surface area (Å²) < 4.78 is 64.7. The average Bonchev–Trinajstić information content (AvgIpc) is 1.45. The van der Waals surface area contributed by atoms with Crippen LogP contribution in [0.3, 0.4) is 0 Å². The molecule has 0 bridgehead atoms. The number of hydrogen-bond acceptors (Lipinski definition) is 5. The Morgan fingerprint density at radius 3 is 1.00 bits per heavy atom. The lowest BCUT2D eigenvalue weighted by atomic mass is 15.8.